The molecular formula is C14H24N2O. The van der Waals surface area contributed by atoms with Crippen LogP contribution >= 0.6 is 0 Å². The van der Waals surface area contributed by atoms with Gasteiger partial charge in [-0.15, -0.1) is 0 Å². The zero-order chi connectivity index (χ0) is 12.8. The summed E-state index contributed by atoms with van der Waals surface area (Å²) in [5.74, 6) is 1.49. The Morgan fingerprint density at radius 3 is 2.71 bits per heavy atom. The predicted octanol–water partition coefficient (Wildman–Crippen LogP) is 2.97. The molecule has 1 aromatic rings. The molecule has 3 nitrogen and oxygen atoms in total. The second kappa shape index (κ2) is 6.60. The summed E-state index contributed by atoms with van der Waals surface area (Å²) in [6.07, 6.45) is 2.39. The van der Waals surface area contributed by atoms with Crippen LogP contribution in [0.5, 0.6) is 5.75 Å². The van der Waals surface area contributed by atoms with Gasteiger partial charge >= 0.3 is 0 Å². The molecule has 0 fully saturated rings. The van der Waals surface area contributed by atoms with E-state index in [1.807, 2.05) is 19.9 Å². The molecule has 2 N–H and O–H groups in total. The summed E-state index contributed by atoms with van der Waals surface area (Å²) in [7, 11) is 0. The molecule has 1 rings (SSSR count). The van der Waals surface area contributed by atoms with E-state index in [0.29, 0.717) is 12.5 Å². The summed E-state index contributed by atoms with van der Waals surface area (Å²) in [6.45, 7) is 9.61. The van der Waals surface area contributed by atoms with E-state index < -0.39 is 0 Å². The third-order valence-electron chi connectivity index (χ3n) is 2.93. The molecule has 0 bridgehead atoms. The van der Waals surface area contributed by atoms with Crippen LogP contribution in [0.4, 0.5) is 0 Å². The standard InChI is InChI=1S/C14H24N2O/c1-5-6-10(2)9-17-14-7-11(3)16-12(4)13(14)8-15/h7,10H,5-6,8-9,15H2,1-4H3. The van der Waals surface area contributed by atoms with Crippen molar-refractivity contribution < 1.29 is 4.74 Å². The average molecular weight is 236 g/mol. The van der Waals surface area contributed by atoms with Crippen LogP contribution in [0.3, 0.4) is 0 Å². The number of hydrogen-bond donors (Lipinski definition) is 1. The minimum Gasteiger partial charge on any atom is -0.493 e. The van der Waals surface area contributed by atoms with E-state index >= 15 is 0 Å². The van der Waals surface area contributed by atoms with Crippen LogP contribution < -0.4 is 10.5 Å². The Kier molecular flexibility index (Phi) is 5.42. The molecule has 0 saturated heterocycles. The number of hydrogen-bond acceptors (Lipinski definition) is 3. The number of aromatic nitrogens is 1. The highest BCUT2D eigenvalue weighted by Crippen LogP contribution is 2.22. The number of pyridine rings is 1. The van der Waals surface area contributed by atoms with Gasteiger partial charge in [0.1, 0.15) is 5.75 Å². The second-order valence-corrected chi connectivity index (χ2v) is 4.73. The highest BCUT2D eigenvalue weighted by molar-refractivity contribution is 5.37. The monoisotopic (exact) mass is 236 g/mol. The minimum absolute atomic E-state index is 0.483. The summed E-state index contributed by atoms with van der Waals surface area (Å²) in [5, 5.41) is 0. The summed E-state index contributed by atoms with van der Waals surface area (Å²) >= 11 is 0. The summed E-state index contributed by atoms with van der Waals surface area (Å²) in [6, 6.07) is 1.98. The maximum absolute atomic E-state index is 5.88. The molecule has 1 aromatic heterocycles. The number of ether oxygens (including phenoxy) is 1. The van der Waals surface area contributed by atoms with Gasteiger partial charge in [-0.1, -0.05) is 20.3 Å². The zero-order valence-electron chi connectivity index (χ0n) is 11.4. The Bertz CT molecular complexity index is 363. The van der Waals surface area contributed by atoms with Crippen molar-refractivity contribution in [3.63, 3.8) is 0 Å². The molecule has 3 heteroatoms. The fourth-order valence-corrected chi connectivity index (χ4v) is 2.00. The Hall–Kier alpha value is -1.09. The van der Waals surface area contributed by atoms with Crippen molar-refractivity contribution in [1.29, 1.82) is 0 Å². The molecule has 0 aliphatic heterocycles. The fraction of sp³-hybridized carbons (Fsp3) is 0.643. The highest BCUT2D eigenvalue weighted by Gasteiger charge is 2.09. The van der Waals surface area contributed by atoms with Gasteiger partial charge in [0.15, 0.2) is 0 Å². The first-order valence-electron chi connectivity index (χ1n) is 6.38. The smallest absolute Gasteiger partial charge is 0.127 e. The van der Waals surface area contributed by atoms with Crippen molar-refractivity contribution in [2.75, 3.05) is 6.61 Å². The van der Waals surface area contributed by atoms with Crippen molar-refractivity contribution in [3.8, 4) is 5.75 Å². The molecule has 0 spiro atoms. The molecule has 96 valence electrons. The van der Waals surface area contributed by atoms with E-state index in [1.165, 1.54) is 12.8 Å². The molecule has 1 atom stereocenters. The molecule has 0 aliphatic rings. The lowest BCUT2D eigenvalue weighted by Crippen LogP contribution is -2.12. The third kappa shape index (κ3) is 4.00. The zero-order valence-corrected chi connectivity index (χ0v) is 11.4. The summed E-state index contributed by atoms with van der Waals surface area (Å²) in [4.78, 5) is 4.41. The maximum atomic E-state index is 5.88. The van der Waals surface area contributed by atoms with Gasteiger partial charge in [0, 0.05) is 29.6 Å². The lowest BCUT2D eigenvalue weighted by atomic mass is 10.1. The highest BCUT2D eigenvalue weighted by atomic mass is 16.5. The third-order valence-corrected chi connectivity index (χ3v) is 2.93. The fourth-order valence-electron chi connectivity index (χ4n) is 2.00. The number of rotatable bonds is 6. The Morgan fingerprint density at radius 1 is 1.41 bits per heavy atom. The van der Waals surface area contributed by atoms with Gasteiger partial charge < -0.3 is 10.5 Å². The van der Waals surface area contributed by atoms with Crippen LogP contribution in [0.15, 0.2) is 6.07 Å². The minimum atomic E-state index is 0.483. The van der Waals surface area contributed by atoms with Crippen molar-refractivity contribution >= 4 is 0 Å². The van der Waals surface area contributed by atoms with Crippen LogP contribution in [0.1, 0.15) is 43.6 Å². The quantitative estimate of drug-likeness (QED) is 0.826. The molecule has 1 heterocycles. The van der Waals surface area contributed by atoms with E-state index in [9.17, 15) is 0 Å². The predicted molar refractivity (Wildman–Crippen MR) is 71.2 cm³/mol. The number of nitrogens with zero attached hydrogens (tertiary/aromatic N) is 1. The van der Waals surface area contributed by atoms with E-state index in [1.54, 1.807) is 0 Å². The van der Waals surface area contributed by atoms with E-state index in [-0.39, 0.29) is 0 Å². The first-order chi connectivity index (χ1) is 8.08. The van der Waals surface area contributed by atoms with Gasteiger partial charge in [0.25, 0.3) is 0 Å². The van der Waals surface area contributed by atoms with Crippen molar-refractivity contribution in [2.45, 2.75) is 47.1 Å². The Labute approximate surface area is 104 Å². The number of aryl methyl sites for hydroxylation is 2. The van der Waals surface area contributed by atoms with Gasteiger partial charge in [-0.25, -0.2) is 0 Å². The molecule has 0 amide bonds. The van der Waals surface area contributed by atoms with Crippen molar-refractivity contribution in [1.82, 2.24) is 4.98 Å². The molecule has 0 radical (unpaired) electrons. The van der Waals surface area contributed by atoms with Crippen LogP contribution in [0, 0.1) is 19.8 Å². The molecule has 1 unspecified atom stereocenters. The van der Waals surface area contributed by atoms with E-state index in [0.717, 1.165) is 29.3 Å². The van der Waals surface area contributed by atoms with Gasteiger partial charge in [0.05, 0.1) is 6.61 Å². The topological polar surface area (TPSA) is 48.1 Å². The van der Waals surface area contributed by atoms with Gasteiger partial charge in [0.2, 0.25) is 0 Å². The normalized spacial score (nSPS) is 12.5. The van der Waals surface area contributed by atoms with Crippen LogP contribution in [0.2, 0.25) is 0 Å². The van der Waals surface area contributed by atoms with Crippen molar-refractivity contribution in [2.24, 2.45) is 11.7 Å². The van der Waals surface area contributed by atoms with E-state index in [4.69, 9.17) is 10.5 Å². The lowest BCUT2D eigenvalue weighted by molar-refractivity contribution is 0.249. The first kappa shape index (κ1) is 14.0. The Morgan fingerprint density at radius 2 is 2.12 bits per heavy atom. The Balaban J connectivity index is 2.75. The van der Waals surface area contributed by atoms with Crippen LogP contribution in [-0.4, -0.2) is 11.6 Å². The summed E-state index contributed by atoms with van der Waals surface area (Å²) < 4.78 is 5.88. The van der Waals surface area contributed by atoms with Gasteiger partial charge in [-0.05, 0) is 26.2 Å². The molecular weight excluding hydrogens is 212 g/mol. The molecule has 17 heavy (non-hydrogen) atoms. The largest absolute Gasteiger partial charge is 0.493 e. The van der Waals surface area contributed by atoms with Gasteiger partial charge in [-0.3, -0.25) is 4.98 Å². The van der Waals surface area contributed by atoms with Gasteiger partial charge in [-0.2, -0.15) is 0 Å². The lowest BCUT2D eigenvalue weighted by Gasteiger charge is -2.16. The second-order valence-electron chi connectivity index (χ2n) is 4.73. The maximum Gasteiger partial charge on any atom is 0.127 e. The van der Waals surface area contributed by atoms with Crippen molar-refractivity contribution in [3.05, 3.63) is 23.0 Å². The van der Waals surface area contributed by atoms with Crippen LogP contribution in [0.25, 0.3) is 0 Å². The molecule has 0 aromatic carbocycles. The van der Waals surface area contributed by atoms with Crippen LogP contribution in [-0.2, 0) is 6.54 Å². The first-order valence-corrected chi connectivity index (χ1v) is 6.38. The molecule has 0 saturated carbocycles. The number of nitrogens with two attached hydrogens (primary N) is 1. The molecule has 0 aliphatic carbocycles. The SMILES string of the molecule is CCCC(C)COc1cc(C)nc(C)c1CN. The van der Waals surface area contributed by atoms with E-state index in [2.05, 4.69) is 18.8 Å². The summed E-state index contributed by atoms with van der Waals surface area (Å²) in [5.41, 5.74) is 8.74. The average Bonchev–Trinajstić information content (AvgIpc) is 2.26.